The molecule has 0 spiro atoms. The minimum Gasteiger partial charge on any atom is -0.478 e. The number of ether oxygens (including phenoxy) is 1. The summed E-state index contributed by atoms with van der Waals surface area (Å²) in [6, 6.07) is 2.87. The second kappa shape index (κ2) is 6.21. The predicted octanol–water partition coefficient (Wildman–Crippen LogP) is 2.44. The van der Waals surface area contributed by atoms with Gasteiger partial charge < -0.3 is 14.7 Å². The first-order valence-corrected chi connectivity index (χ1v) is 6.67. The number of halogens is 1. The van der Waals surface area contributed by atoms with Crippen LogP contribution in [0.2, 0.25) is 5.15 Å². The maximum atomic E-state index is 11.0. The van der Waals surface area contributed by atoms with E-state index < -0.39 is 5.97 Å². The van der Waals surface area contributed by atoms with Crippen molar-refractivity contribution < 1.29 is 14.6 Å². The molecule has 1 fully saturated rings. The Morgan fingerprint density at radius 3 is 3.00 bits per heavy atom. The van der Waals surface area contributed by atoms with Crippen LogP contribution in [0.5, 0.6) is 0 Å². The van der Waals surface area contributed by atoms with Gasteiger partial charge in [0.05, 0.1) is 11.7 Å². The van der Waals surface area contributed by atoms with Crippen LogP contribution in [0.1, 0.15) is 29.6 Å². The summed E-state index contributed by atoms with van der Waals surface area (Å²) in [6.07, 6.45) is 3.48. The van der Waals surface area contributed by atoms with Gasteiger partial charge in [-0.15, -0.1) is 0 Å². The third-order valence-electron chi connectivity index (χ3n) is 3.17. The zero-order chi connectivity index (χ0) is 13.8. The highest BCUT2D eigenvalue weighted by atomic mass is 35.5. The van der Waals surface area contributed by atoms with E-state index in [1.807, 2.05) is 11.9 Å². The largest absolute Gasteiger partial charge is 0.478 e. The molecule has 0 saturated carbocycles. The summed E-state index contributed by atoms with van der Waals surface area (Å²) in [7, 11) is 1.86. The van der Waals surface area contributed by atoms with Gasteiger partial charge in [-0.2, -0.15) is 0 Å². The monoisotopic (exact) mass is 284 g/mol. The van der Waals surface area contributed by atoms with Crippen LogP contribution < -0.4 is 4.90 Å². The Bertz CT molecular complexity index is 461. The number of anilines is 1. The van der Waals surface area contributed by atoms with Crippen LogP contribution >= 0.6 is 11.6 Å². The Labute approximate surface area is 117 Å². The second-order valence-corrected chi connectivity index (χ2v) is 5.10. The summed E-state index contributed by atoms with van der Waals surface area (Å²) >= 11 is 5.85. The molecule has 104 valence electrons. The number of carboxylic acids is 1. The highest BCUT2D eigenvalue weighted by Crippen LogP contribution is 2.20. The van der Waals surface area contributed by atoms with Gasteiger partial charge in [0.2, 0.25) is 0 Å². The van der Waals surface area contributed by atoms with Gasteiger partial charge in [-0.3, -0.25) is 0 Å². The number of carbonyl (C=O) groups is 1. The smallest absolute Gasteiger partial charge is 0.335 e. The van der Waals surface area contributed by atoms with E-state index in [2.05, 4.69) is 4.98 Å². The molecular weight excluding hydrogens is 268 g/mol. The first-order chi connectivity index (χ1) is 9.06. The number of carboxylic acid groups (broad SMARTS) is 1. The van der Waals surface area contributed by atoms with E-state index in [9.17, 15) is 4.79 Å². The Hall–Kier alpha value is -1.33. The van der Waals surface area contributed by atoms with Crippen molar-refractivity contribution in [3.8, 4) is 0 Å². The van der Waals surface area contributed by atoms with E-state index in [4.69, 9.17) is 21.4 Å². The molecule has 1 atom stereocenters. The number of hydrogen-bond donors (Lipinski definition) is 1. The van der Waals surface area contributed by atoms with Crippen LogP contribution in [0.25, 0.3) is 0 Å². The molecule has 0 bridgehead atoms. The van der Waals surface area contributed by atoms with Crippen LogP contribution in [-0.2, 0) is 4.74 Å². The predicted molar refractivity (Wildman–Crippen MR) is 73.1 cm³/mol. The number of aromatic nitrogens is 1. The molecule has 6 heteroatoms. The van der Waals surface area contributed by atoms with E-state index in [0.29, 0.717) is 12.4 Å². The summed E-state index contributed by atoms with van der Waals surface area (Å²) in [5.74, 6) is -0.452. The van der Waals surface area contributed by atoms with Gasteiger partial charge in [-0.25, -0.2) is 9.78 Å². The van der Waals surface area contributed by atoms with Crippen LogP contribution in [0.15, 0.2) is 12.1 Å². The molecule has 19 heavy (non-hydrogen) atoms. The van der Waals surface area contributed by atoms with Gasteiger partial charge >= 0.3 is 5.97 Å². The van der Waals surface area contributed by atoms with Crippen molar-refractivity contribution in [2.45, 2.75) is 25.4 Å². The Kier molecular flexibility index (Phi) is 4.61. The molecule has 1 unspecified atom stereocenters. The molecule has 0 radical (unpaired) electrons. The third kappa shape index (κ3) is 3.81. The van der Waals surface area contributed by atoms with E-state index in [1.54, 1.807) is 0 Å². The number of pyridine rings is 1. The normalized spacial score (nSPS) is 19.2. The van der Waals surface area contributed by atoms with Crippen molar-refractivity contribution in [3.63, 3.8) is 0 Å². The van der Waals surface area contributed by atoms with Gasteiger partial charge in [0, 0.05) is 20.2 Å². The van der Waals surface area contributed by atoms with E-state index in [-0.39, 0.29) is 16.8 Å². The maximum Gasteiger partial charge on any atom is 0.335 e. The lowest BCUT2D eigenvalue weighted by Crippen LogP contribution is -2.33. The first kappa shape index (κ1) is 14.1. The lowest BCUT2D eigenvalue weighted by molar-refractivity contribution is 0.0215. The number of hydrogen-bond acceptors (Lipinski definition) is 4. The van der Waals surface area contributed by atoms with Crippen molar-refractivity contribution in [3.05, 3.63) is 22.8 Å². The SMILES string of the molecule is CN(CC1CCCCO1)c1cc(C(=O)O)cc(Cl)n1. The van der Waals surface area contributed by atoms with Crippen LogP contribution in [-0.4, -0.2) is 42.4 Å². The highest BCUT2D eigenvalue weighted by Gasteiger charge is 2.18. The number of rotatable bonds is 4. The van der Waals surface area contributed by atoms with Crippen molar-refractivity contribution in [2.75, 3.05) is 25.1 Å². The number of likely N-dealkylation sites (N-methyl/N-ethyl adjacent to an activating group) is 1. The summed E-state index contributed by atoms with van der Waals surface area (Å²) in [6.45, 7) is 1.48. The molecule has 1 N–H and O–H groups in total. The molecule has 5 nitrogen and oxygen atoms in total. The molecule has 0 aliphatic carbocycles. The third-order valence-corrected chi connectivity index (χ3v) is 3.36. The van der Waals surface area contributed by atoms with Gasteiger partial charge in [-0.1, -0.05) is 11.6 Å². The molecule has 1 aliphatic rings. The first-order valence-electron chi connectivity index (χ1n) is 6.30. The molecular formula is C13H17ClN2O3. The molecule has 0 amide bonds. The fourth-order valence-electron chi connectivity index (χ4n) is 2.15. The summed E-state index contributed by atoms with van der Waals surface area (Å²) < 4.78 is 5.66. The lowest BCUT2D eigenvalue weighted by atomic mass is 10.1. The Morgan fingerprint density at radius 2 is 2.37 bits per heavy atom. The average molecular weight is 285 g/mol. The van der Waals surface area contributed by atoms with Crippen LogP contribution in [0.4, 0.5) is 5.82 Å². The van der Waals surface area contributed by atoms with Gasteiger partial charge in [0.15, 0.2) is 0 Å². The van der Waals surface area contributed by atoms with Gasteiger partial charge in [-0.05, 0) is 31.4 Å². The molecule has 1 saturated heterocycles. The maximum absolute atomic E-state index is 11.0. The molecule has 2 heterocycles. The van der Waals surface area contributed by atoms with Gasteiger partial charge in [0.25, 0.3) is 0 Å². The molecule has 1 aromatic heterocycles. The average Bonchev–Trinajstić information content (AvgIpc) is 2.39. The minimum absolute atomic E-state index is 0.145. The Balaban J connectivity index is 2.09. The lowest BCUT2D eigenvalue weighted by Gasteiger charge is -2.28. The fourth-order valence-corrected chi connectivity index (χ4v) is 2.36. The quantitative estimate of drug-likeness (QED) is 0.861. The topological polar surface area (TPSA) is 62.7 Å². The number of nitrogens with zero attached hydrogens (tertiary/aromatic N) is 2. The zero-order valence-corrected chi connectivity index (χ0v) is 11.6. The second-order valence-electron chi connectivity index (χ2n) is 4.71. The highest BCUT2D eigenvalue weighted by molar-refractivity contribution is 6.29. The Morgan fingerprint density at radius 1 is 1.58 bits per heavy atom. The van der Waals surface area contributed by atoms with Crippen LogP contribution in [0, 0.1) is 0 Å². The number of aromatic carboxylic acids is 1. The summed E-state index contributed by atoms with van der Waals surface area (Å²) in [5.41, 5.74) is 0.145. The van der Waals surface area contributed by atoms with Crippen LogP contribution in [0.3, 0.4) is 0 Å². The van der Waals surface area contributed by atoms with Crippen molar-refractivity contribution in [1.82, 2.24) is 4.98 Å². The molecule has 0 aromatic carbocycles. The summed E-state index contributed by atoms with van der Waals surface area (Å²) in [4.78, 5) is 17.0. The fraction of sp³-hybridized carbons (Fsp3) is 0.538. The molecule has 1 aromatic rings. The molecule has 1 aliphatic heterocycles. The van der Waals surface area contributed by atoms with E-state index in [1.165, 1.54) is 18.6 Å². The van der Waals surface area contributed by atoms with E-state index in [0.717, 1.165) is 19.4 Å². The zero-order valence-electron chi connectivity index (χ0n) is 10.8. The van der Waals surface area contributed by atoms with Crippen molar-refractivity contribution >= 4 is 23.4 Å². The van der Waals surface area contributed by atoms with E-state index >= 15 is 0 Å². The van der Waals surface area contributed by atoms with Gasteiger partial charge in [0.1, 0.15) is 11.0 Å². The van der Waals surface area contributed by atoms with Crippen molar-refractivity contribution in [1.29, 1.82) is 0 Å². The summed E-state index contributed by atoms with van der Waals surface area (Å²) in [5, 5.41) is 9.19. The minimum atomic E-state index is -1.01. The van der Waals surface area contributed by atoms with Crippen molar-refractivity contribution in [2.24, 2.45) is 0 Å². The standard InChI is InChI=1S/C13H17ClN2O3/c1-16(8-10-4-2-3-5-19-10)12-7-9(13(17)18)6-11(14)15-12/h6-7,10H,2-5,8H2,1H3,(H,17,18). The molecule has 2 rings (SSSR count).